The van der Waals surface area contributed by atoms with Gasteiger partial charge in [-0.25, -0.2) is 0 Å². The third-order valence-electron chi connectivity index (χ3n) is 4.01. The third-order valence-corrected chi connectivity index (χ3v) is 5.23. The van der Waals surface area contributed by atoms with Crippen LogP contribution in [0.5, 0.6) is 0 Å². The number of nitrogens with one attached hydrogen (secondary N) is 2. The van der Waals surface area contributed by atoms with Gasteiger partial charge in [0.2, 0.25) is 0 Å². The predicted octanol–water partition coefficient (Wildman–Crippen LogP) is 3.34. The molecule has 0 radical (unpaired) electrons. The molecular weight excluding hydrogens is 330 g/mol. The highest BCUT2D eigenvalue weighted by atomic mass is 32.1. The first-order chi connectivity index (χ1) is 12.3. The van der Waals surface area contributed by atoms with E-state index >= 15 is 0 Å². The first-order valence-electron chi connectivity index (χ1n) is 8.41. The Morgan fingerprint density at radius 2 is 1.84 bits per heavy atom. The number of fused-ring (bicyclic) bond motifs is 1. The molecule has 3 aromatic rings. The van der Waals surface area contributed by atoms with Gasteiger partial charge < -0.3 is 15.7 Å². The van der Waals surface area contributed by atoms with Crippen molar-refractivity contribution >= 4 is 27.4 Å². The SMILES string of the molecule is CN=C(NCCc1ccccc1)NCC(O)c1cc2ccccc2s1. The first kappa shape index (κ1) is 17.5. The van der Waals surface area contributed by atoms with E-state index in [2.05, 4.69) is 46.0 Å². The number of guanidine groups is 1. The zero-order valence-electron chi connectivity index (χ0n) is 14.3. The molecule has 1 heterocycles. The lowest BCUT2D eigenvalue weighted by Crippen LogP contribution is -2.40. The zero-order valence-corrected chi connectivity index (χ0v) is 15.1. The van der Waals surface area contributed by atoms with Crippen molar-refractivity contribution in [3.63, 3.8) is 0 Å². The van der Waals surface area contributed by atoms with E-state index in [1.807, 2.05) is 30.3 Å². The monoisotopic (exact) mass is 353 g/mol. The summed E-state index contributed by atoms with van der Waals surface area (Å²) in [6.45, 7) is 1.22. The van der Waals surface area contributed by atoms with Crippen molar-refractivity contribution in [2.75, 3.05) is 20.1 Å². The summed E-state index contributed by atoms with van der Waals surface area (Å²) in [5.74, 6) is 0.705. The summed E-state index contributed by atoms with van der Waals surface area (Å²) < 4.78 is 1.20. The van der Waals surface area contributed by atoms with Gasteiger partial charge in [0.05, 0.1) is 0 Å². The Morgan fingerprint density at radius 3 is 2.60 bits per heavy atom. The topological polar surface area (TPSA) is 56.7 Å². The van der Waals surface area contributed by atoms with Crippen LogP contribution in [0.4, 0.5) is 0 Å². The smallest absolute Gasteiger partial charge is 0.191 e. The van der Waals surface area contributed by atoms with Crippen molar-refractivity contribution < 1.29 is 5.11 Å². The zero-order chi connectivity index (χ0) is 17.5. The molecule has 1 unspecified atom stereocenters. The molecule has 0 aliphatic rings. The van der Waals surface area contributed by atoms with Gasteiger partial charge in [0.25, 0.3) is 0 Å². The molecular formula is C20H23N3OS. The van der Waals surface area contributed by atoms with Gasteiger partial charge in [-0.3, -0.25) is 4.99 Å². The second kappa shape index (κ2) is 8.65. The van der Waals surface area contributed by atoms with Gasteiger partial charge in [-0.1, -0.05) is 48.5 Å². The normalized spacial score (nSPS) is 13.0. The van der Waals surface area contributed by atoms with Crippen LogP contribution < -0.4 is 10.6 Å². The van der Waals surface area contributed by atoms with Crippen molar-refractivity contribution in [2.45, 2.75) is 12.5 Å². The average Bonchev–Trinajstić information content (AvgIpc) is 3.09. The molecule has 2 aromatic carbocycles. The fraction of sp³-hybridized carbons (Fsp3) is 0.250. The molecule has 4 nitrogen and oxygen atoms in total. The Hall–Kier alpha value is -2.37. The lowest BCUT2D eigenvalue weighted by Gasteiger charge is -2.14. The van der Waals surface area contributed by atoms with E-state index in [-0.39, 0.29) is 0 Å². The summed E-state index contributed by atoms with van der Waals surface area (Å²) in [6.07, 6.45) is 0.380. The number of aliphatic hydroxyl groups is 1. The first-order valence-corrected chi connectivity index (χ1v) is 9.23. The maximum atomic E-state index is 10.4. The van der Waals surface area contributed by atoms with Gasteiger partial charge in [-0.15, -0.1) is 11.3 Å². The molecule has 0 aliphatic carbocycles. The Morgan fingerprint density at radius 1 is 1.08 bits per heavy atom. The number of thiophene rings is 1. The number of benzene rings is 2. The molecule has 0 spiro atoms. The molecule has 0 fully saturated rings. The molecule has 0 bridgehead atoms. The predicted molar refractivity (Wildman–Crippen MR) is 106 cm³/mol. The summed E-state index contributed by atoms with van der Waals surface area (Å²) in [7, 11) is 1.74. The van der Waals surface area contributed by atoms with Crippen molar-refractivity contribution in [1.29, 1.82) is 0 Å². The minimum atomic E-state index is -0.551. The molecule has 0 amide bonds. The van der Waals surface area contributed by atoms with Crippen LogP contribution in [-0.4, -0.2) is 31.2 Å². The second-order valence-electron chi connectivity index (χ2n) is 5.82. The number of hydrogen-bond donors (Lipinski definition) is 3. The summed E-state index contributed by atoms with van der Waals surface area (Å²) in [5.41, 5.74) is 1.29. The van der Waals surface area contributed by atoms with E-state index in [4.69, 9.17) is 0 Å². The lowest BCUT2D eigenvalue weighted by atomic mass is 10.1. The molecule has 25 heavy (non-hydrogen) atoms. The number of aliphatic imine (C=N–C) groups is 1. The Labute approximate surface area is 152 Å². The van der Waals surface area contributed by atoms with Crippen LogP contribution in [0, 0.1) is 0 Å². The molecule has 0 saturated carbocycles. The fourth-order valence-corrected chi connectivity index (χ4v) is 3.70. The number of rotatable bonds is 6. The average molecular weight is 353 g/mol. The molecule has 3 rings (SSSR count). The van der Waals surface area contributed by atoms with Gasteiger partial charge in [0, 0.05) is 29.7 Å². The molecule has 0 aliphatic heterocycles. The van der Waals surface area contributed by atoms with Crippen molar-refractivity contribution in [1.82, 2.24) is 10.6 Å². The van der Waals surface area contributed by atoms with Gasteiger partial charge >= 0.3 is 0 Å². The maximum Gasteiger partial charge on any atom is 0.191 e. The molecule has 1 atom stereocenters. The van der Waals surface area contributed by atoms with E-state index < -0.39 is 6.10 Å². The van der Waals surface area contributed by atoms with E-state index in [0.717, 1.165) is 17.8 Å². The van der Waals surface area contributed by atoms with E-state index in [9.17, 15) is 5.11 Å². The highest BCUT2D eigenvalue weighted by molar-refractivity contribution is 7.19. The van der Waals surface area contributed by atoms with Crippen LogP contribution in [0.2, 0.25) is 0 Å². The van der Waals surface area contributed by atoms with Crippen LogP contribution in [0.1, 0.15) is 16.5 Å². The van der Waals surface area contributed by atoms with Crippen molar-refractivity contribution in [2.24, 2.45) is 4.99 Å². The van der Waals surface area contributed by atoms with E-state index in [1.54, 1.807) is 18.4 Å². The lowest BCUT2D eigenvalue weighted by molar-refractivity contribution is 0.184. The van der Waals surface area contributed by atoms with Crippen LogP contribution in [0.15, 0.2) is 65.7 Å². The highest BCUT2D eigenvalue weighted by Gasteiger charge is 2.12. The summed E-state index contributed by atoms with van der Waals surface area (Å²) in [5, 5.41) is 18.1. The molecule has 130 valence electrons. The molecule has 1 aromatic heterocycles. The van der Waals surface area contributed by atoms with Crippen LogP contribution in [0.3, 0.4) is 0 Å². The largest absolute Gasteiger partial charge is 0.386 e. The van der Waals surface area contributed by atoms with E-state index in [0.29, 0.717) is 12.5 Å². The molecule has 5 heteroatoms. The van der Waals surface area contributed by atoms with Crippen LogP contribution in [-0.2, 0) is 6.42 Å². The van der Waals surface area contributed by atoms with Crippen LogP contribution >= 0.6 is 11.3 Å². The molecule has 3 N–H and O–H groups in total. The number of aliphatic hydroxyl groups excluding tert-OH is 1. The summed E-state index contributed by atoms with van der Waals surface area (Å²) in [6, 6.07) is 20.6. The van der Waals surface area contributed by atoms with Gasteiger partial charge in [-0.2, -0.15) is 0 Å². The standard InChI is InChI=1S/C20H23N3OS/c1-21-20(22-12-11-15-7-3-2-4-8-15)23-14-17(24)19-13-16-9-5-6-10-18(16)25-19/h2-10,13,17,24H,11-12,14H2,1H3,(H2,21,22,23). The Bertz CT molecular complexity index is 796. The quantitative estimate of drug-likeness (QED) is 0.471. The second-order valence-corrected chi connectivity index (χ2v) is 6.93. The van der Waals surface area contributed by atoms with Gasteiger partial charge in [0.1, 0.15) is 6.10 Å². The number of nitrogens with zero attached hydrogens (tertiary/aromatic N) is 1. The van der Waals surface area contributed by atoms with Crippen molar-refractivity contribution in [3.05, 3.63) is 71.1 Å². The third kappa shape index (κ3) is 4.81. The Kier molecular flexibility index (Phi) is 6.04. The maximum absolute atomic E-state index is 10.4. The molecule has 0 saturated heterocycles. The van der Waals surface area contributed by atoms with Crippen LogP contribution in [0.25, 0.3) is 10.1 Å². The van der Waals surface area contributed by atoms with Gasteiger partial charge in [0.15, 0.2) is 5.96 Å². The van der Waals surface area contributed by atoms with E-state index in [1.165, 1.54) is 15.6 Å². The van der Waals surface area contributed by atoms with Crippen molar-refractivity contribution in [3.8, 4) is 0 Å². The minimum Gasteiger partial charge on any atom is -0.386 e. The summed E-state index contributed by atoms with van der Waals surface area (Å²) >= 11 is 1.63. The summed E-state index contributed by atoms with van der Waals surface area (Å²) in [4.78, 5) is 5.18. The number of hydrogen-bond acceptors (Lipinski definition) is 3. The Balaban J connectivity index is 1.48. The minimum absolute atomic E-state index is 0.428. The van der Waals surface area contributed by atoms with Gasteiger partial charge in [-0.05, 0) is 29.5 Å². The fourth-order valence-electron chi connectivity index (χ4n) is 2.65. The highest BCUT2D eigenvalue weighted by Crippen LogP contribution is 2.29.